The Morgan fingerprint density at radius 1 is 1.38 bits per heavy atom. The molecule has 4 N–H and O–H groups in total. The Hall–Kier alpha value is -1.13. The number of nitrogens with two attached hydrogens (primary N) is 1. The number of primary amides is 1. The van der Waals surface area contributed by atoms with Crippen molar-refractivity contribution in [3.05, 3.63) is 23.8 Å². The zero-order valence-corrected chi connectivity index (χ0v) is 16.5. The van der Waals surface area contributed by atoms with E-state index in [0.717, 1.165) is 51.4 Å². The molecule has 2 aliphatic rings. The van der Waals surface area contributed by atoms with Gasteiger partial charge in [0, 0.05) is 12.3 Å². The van der Waals surface area contributed by atoms with Gasteiger partial charge in [-0.1, -0.05) is 43.6 Å². The molecule has 1 saturated carbocycles. The first kappa shape index (κ1) is 21.2. The molecule has 1 fully saturated rings. The molecule has 1 amide bonds. The highest BCUT2D eigenvalue weighted by Crippen LogP contribution is 2.48. The van der Waals surface area contributed by atoms with Gasteiger partial charge in [-0.15, -0.1) is 0 Å². The van der Waals surface area contributed by atoms with Crippen molar-refractivity contribution in [3.63, 3.8) is 0 Å². The predicted octanol–water partition coefficient (Wildman–Crippen LogP) is 3.86. The zero-order chi connectivity index (χ0) is 19.2. The third-order valence-corrected chi connectivity index (χ3v) is 6.11. The molecule has 0 unspecified atom stereocenters. The highest BCUT2D eigenvalue weighted by molar-refractivity contribution is 5.73. The number of rotatable bonds is 11. The van der Waals surface area contributed by atoms with Crippen LogP contribution < -0.4 is 5.73 Å². The van der Waals surface area contributed by atoms with E-state index in [4.69, 9.17) is 5.73 Å². The Balaban J connectivity index is 1.81. The second kappa shape index (κ2) is 9.70. The molecule has 0 heterocycles. The summed E-state index contributed by atoms with van der Waals surface area (Å²) in [6.45, 7) is 4.04. The van der Waals surface area contributed by atoms with Crippen LogP contribution in [-0.4, -0.2) is 27.8 Å². The fraction of sp³-hybridized carbons (Fsp3) is 0.773. The van der Waals surface area contributed by atoms with Gasteiger partial charge in [-0.3, -0.25) is 4.79 Å². The van der Waals surface area contributed by atoms with Gasteiger partial charge in [-0.05, 0) is 63.7 Å². The topological polar surface area (TPSA) is 83.5 Å². The van der Waals surface area contributed by atoms with E-state index in [0.29, 0.717) is 24.7 Å². The summed E-state index contributed by atoms with van der Waals surface area (Å²) in [5.74, 6) is 0.950. The van der Waals surface area contributed by atoms with Gasteiger partial charge >= 0.3 is 0 Å². The average Bonchev–Trinajstić information content (AvgIpc) is 3.07. The SMILES string of the molecule is CCCC[C@](C)(O)CC=C[C@@H]1[C@H]2CC(CCCCC(N)=O)=C[C@H]2C[C@H]1O. The first-order chi connectivity index (χ1) is 12.3. The molecule has 148 valence electrons. The van der Waals surface area contributed by atoms with E-state index < -0.39 is 5.60 Å². The highest BCUT2D eigenvalue weighted by atomic mass is 16.3. The van der Waals surface area contributed by atoms with Crippen molar-refractivity contribution < 1.29 is 15.0 Å². The Morgan fingerprint density at radius 2 is 2.15 bits per heavy atom. The van der Waals surface area contributed by atoms with Crippen LogP contribution in [0.4, 0.5) is 0 Å². The number of allylic oxidation sites excluding steroid dienone is 2. The van der Waals surface area contributed by atoms with Gasteiger partial charge < -0.3 is 15.9 Å². The number of aliphatic hydroxyl groups excluding tert-OH is 1. The smallest absolute Gasteiger partial charge is 0.217 e. The minimum Gasteiger partial charge on any atom is -0.392 e. The van der Waals surface area contributed by atoms with E-state index in [2.05, 4.69) is 25.2 Å². The molecule has 0 saturated heterocycles. The first-order valence-electron chi connectivity index (χ1n) is 10.4. The first-order valence-corrected chi connectivity index (χ1v) is 10.4. The molecule has 0 radical (unpaired) electrons. The van der Waals surface area contributed by atoms with Crippen LogP contribution in [0, 0.1) is 17.8 Å². The van der Waals surface area contributed by atoms with Gasteiger partial charge in [-0.2, -0.15) is 0 Å². The minimum atomic E-state index is -0.644. The number of carbonyl (C=O) groups excluding carboxylic acids is 1. The van der Waals surface area contributed by atoms with Crippen LogP contribution in [0.2, 0.25) is 0 Å². The summed E-state index contributed by atoms with van der Waals surface area (Å²) >= 11 is 0. The molecular formula is C22H37NO3. The van der Waals surface area contributed by atoms with E-state index in [9.17, 15) is 15.0 Å². The van der Waals surface area contributed by atoms with Crippen molar-refractivity contribution in [2.45, 2.75) is 89.8 Å². The minimum absolute atomic E-state index is 0.196. The van der Waals surface area contributed by atoms with Crippen molar-refractivity contribution in [1.29, 1.82) is 0 Å². The van der Waals surface area contributed by atoms with Gasteiger partial charge in [0.25, 0.3) is 0 Å². The number of hydrogen-bond acceptors (Lipinski definition) is 3. The Kier molecular flexibility index (Phi) is 7.90. The number of unbranched alkanes of at least 4 members (excludes halogenated alkanes) is 2. The molecule has 0 bridgehead atoms. The third kappa shape index (κ3) is 6.24. The number of aliphatic hydroxyl groups is 2. The van der Waals surface area contributed by atoms with Crippen LogP contribution in [0.1, 0.15) is 78.1 Å². The molecule has 4 heteroatoms. The number of hydrogen-bond donors (Lipinski definition) is 3. The van der Waals surface area contributed by atoms with Gasteiger partial charge in [0.05, 0.1) is 11.7 Å². The Morgan fingerprint density at radius 3 is 2.85 bits per heavy atom. The Bertz CT molecular complexity index is 523. The van der Waals surface area contributed by atoms with Gasteiger partial charge in [0.2, 0.25) is 5.91 Å². The fourth-order valence-electron chi connectivity index (χ4n) is 4.58. The summed E-state index contributed by atoms with van der Waals surface area (Å²) in [5, 5.41) is 20.9. The second-order valence-electron chi connectivity index (χ2n) is 8.64. The Labute approximate surface area is 158 Å². The second-order valence-corrected chi connectivity index (χ2v) is 8.64. The number of carbonyl (C=O) groups is 1. The normalized spacial score (nSPS) is 30.4. The van der Waals surface area contributed by atoms with Crippen LogP contribution in [0.5, 0.6) is 0 Å². The predicted molar refractivity (Wildman–Crippen MR) is 105 cm³/mol. The lowest BCUT2D eigenvalue weighted by atomic mass is 9.87. The summed E-state index contributed by atoms with van der Waals surface area (Å²) in [4.78, 5) is 10.8. The summed E-state index contributed by atoms with van der Waals surface area (Å²) in [6, 6.07) is 0. The molecule has 0 aromatic carbocycles. The van der Waals surface area contributed by atoms with Crippen LogP contribution >= 0.6 is 0 Å². The molecule has 5 atom stereocenters. The van der Waals surface area contributed by atoms with E-state index in [1.807, 2.05) is 6.92 Å². The molecule has 4 nitrogen and oxygen atoms in total. The molecular weight excluding hydrogens is 326 g/mol. The van der Waals surface area contributed by atoms with E-state index >= 15 is 0 Å². The van der Waals surface area contributed by atoms with Gasteiger partial charge in [0.1, 0.15) is 0 Å². The van der Waals surface area contributed by atoms with Crippen molar-refractivity contribution >= 4 is 5.91 Å². The monoisotopic (exact) mass is 363 g/mol. The van der Waals surface area contributed by atoms with Crippen molar-refractivity contribution in [2.24, 2.45) is 23.5 Å². The lowest BCUT2D eigenvalue weighted by Gasteiger charge is -2.22. The van der Waals surface area contributed by atoms with Gasteiger partial charge in [0.15, 0.2) is 0 Å². The molecule has 0 aliphatic heterocycles. The highest BCUT2D eigenvalue weighted by Gasteiger charge is 2.43. The maximum atomic E-state index is 10.8. The van der Waals surface area contributed by atoms with Crippen LogP contribution in [0.15, 0.2) is 23.8 Å². The number of amides is 1. The van der Waals surface area contributed by atoms with Crippen molar-refractivity contribution in [3.8, 4) is 0 Å². The summed E-state index contributed by atoms with van der Waals surface area (Å²) < 4.78 is 0. The quantitative estimate of drug-likeness (QED) is 0.385. The molecule has 0 aromatic rings. The van der Waals surface area contributed by atoms with Crippen LogP contribution in [-0.2, 0) is 4.79 Å². The molecule has 2 aliphatic carbocycles. The van der Waals surface area contributed by atoms with Gasteiger partial charge in [-0.25, -0.2) is 0 Å². The zero-order valence-electron chi connectivity index (χ0n) is 16.5. The van der Waals surface area contributed by atoms with Crippen molar-refractivity contribution in [2.75, 3.05) is 0 Å². The van der Waals surface area contributed by atoms with E-state index in [1.165, 1.54) is 5.57 Å². The molecule has 0 spiro atoms. The standard InChI is InChI=1S/C22H37NO3/c1-3-4-11-22(2,26)12-7-9-18-19-14-16(8-5-6-10-21(23)25)13-17(19)15-20(18)24/h7,9,13,17-20,24,26H,3-6,8,10-12,14-15H2,1-2H3,(H2,23,25)/t17-,18+,19-,20+,22-/m0/s1. The summed E-state index contributed by atoms with van der Waals surface area (Å²) in [5.41, 5.74) is 6.02. The lowest BCUT2D eigenvalue weighted by Crippen LogP contribution is -2.23. The van der Waals surface area contributed by atoms with Crippen molar-refractivity contribution in [1.82, 2.24) is 0 Å². The number of fused-ring (bicyclic) bond motifs is 1. The third-order valence-electron chi connectivity index (χ3n) is 6.11. The van der Waals surface area contributed by atoms with Crippen LogP contribution in [0.3, 0.4) is 0 Å². The average molecular weight is 364 g/mol. The maximum Gasteiger partial charge on any atom is 0.217 e. The van der Waals surface area contributed by atoms with Crippen LogP contribution in [0.25, 0.3) is 0 Å². The molecule has 2 rings (SSSR count). The molecule has 0 aromatic heterocycles. The van der Waals surface area contributed by atoms with E-state index in [-0.39, 0.29) is 17.9 Å². The largest absolute Gasteiger partial charge is 0.392 e. The maximum absolute atomic E-state index is 10.8. The van der Waals surface area contributed by atoms with E-state index in [1.54, 1.807) is 0 Å². The summed E-state index contributed by atoms with van der Waals surface area (Å²) in [7, 11) is 0. The molecule has 26 heavy (non-hydrogen) atoms. The fourth-order valence-corrected chi connectivity index (χ4v) is 4.58. The summed E-state index contributed by atoms with van der Waals surface area (Å²) in [6.07, 6.45) is 15.2. The lowest BCUT2D eigenvalue weighted by molar-refractivity contribution is -0.118.